The van der Waals surface area contributed by atoms with Crippen molar-refractivity contribution in [2.45, 2.75) is 38.2 Å². The Morgan fingerprint density at radius 3 is 2.20 bits per heavy atom. The maximum absolute atomic E-state index is 14.7. The van der Waals surface area contributed by atoms with E-state index in [1.54, 1.807) is 55.8 Å². The Hall–Kier alpha value is -3.36. The molecule has 0 atom stereocenters. The van der Waals surface area contributed by atoms with Crippen molar-refractivity contribution in [1.82, 2.24) is 9.55 Å². The molecule has 0 fully saturated rings. The zero-order valence-electron chi connectivity index (χ0n) is 19.9. The second kappa shape index (κ2) is 9.02. The van der Waals surface area contributed by atoms with Gasteiger partial charge < -0.3 is 5.11 Å². The van der Waals surface area contributed by atoms with Crippen LogP contribution in [0.4, 0.5) is 8.78 Å². The molecule has 0 radical (unpaired) electrons. The van der Waals surface area contributed by atoms with Gasteiger partial charge in [-0.25, -0.2) is 22.2 Å². The molecule has 5 nitrogen and oxygen atoms in total. The van der Waals surface area contributed by atoms with Crippen molar-refractivity contribution < 1.29 is 22.3 Å². The van der Waals surface area contributed by atoms with Crippen LogP contribution in [0.2, 0.25) is 0 Å². The van der Waals surface area contributed by atoms with E-state index in [1.165, 1.54) is 6.07 Å². The molecule has 1 aromatic heterocycles. The van der Waals surface area contributed by atoms with Crippen LogP contribution < -0.4 is 0 Å². The van der Waals surface area contributed by atoms with Gasteiger partial charge in [0.15, 0.2) is 15.7 Å². The molecular weight excluding hydrogens is 470 g/mol. The number of rotatable bonds is 6. The van der Waals surface area contributed by atoms with Crippen LogP contribution in [-0.2, 0) is 15.4 Å². The molecule has 0 amide bonds. The Morgan fingerprint density at radius 2 is 1.60 bits per heavy atom. The first-order valence-electron chi connectivity index (χ1n) is 11.1. The Bertz CT molecular complexity index is 1500. The van der Waals surface area contributed by atoms with Crippen molar-refractivity contribution in [3.63, 3.8) is 0 Å². The summed E-state index contributed by atoms with van der Waals surface area (Å²) < 4.78 is 55.5. The van der Waals surface area contributed by atoms with Gasteiger partial charge in [-0.05, 0) is 73.9 Å². The largest absolute Gasteiger partial charge is 0.384 e. The van der Waals surface area contributed by atoms with Gasteiger partial charge in [0.25, 0.3) is 0 Å². The number of sulfone groups is 1. The van der Waals surface area contributed by atoms with Gasteiger partial charge >= 0.3 is 0 Å². The van der Waals surface area contributed by atoms with E-state index in [1.807, 2.05) is 25.1 Å². The van der Waals surface area contributed by atoms with Gasteiger partial charge in [-0.15, -0.1) is 0 Å². The highest BCUT2D eigenvalue weighted by atomic mass is 32.2. The number of aromatic nitrogens is 2. The first-order chi connectivity index (χ1) is 16.4. The molecule has 4 rings (SSSR count). The van der Waals surface area contributed by atoms with Crippen LogP contribution in [0.3, 0.4) is 0 Å². The molecular formula is C27H26F2N2O3S. The van der Waals surface area contributed by atoms with Crippen molar-refractivity contribution >= 4 is 9.84 Å². The number of benzene rings is 3. The van der Waals surface area contributed by atoms with Gasteiger partial charge in [-0.1, -0.05) is 31.2 Å². The lowest BCUT2D eigenvalue weighted by molar-refractivity contribution is 0.0743. The molecule has 35 heavy (non-hydrogen) atoms. The van der Waals surface area contributed by atoms with Crippen LogP contribution in [0.15, 0.2) is 71.8 Å². The SMILES string of the molecule is CCS(=O)(=O)c1cccc(-c2ccc(-n3cc(C(C)(C)O)nc3-c3c(F)cccc3F)c(C)c2)c1. The summed E-state index contributed by atoms with van der Waals surface area (Å²) in [6.07, 6.45) is 1.57. The summed E-state index contributed by atoms with van der Waals surface area (Å²) in [4.78, 5) is 4.64. The Balaban J connectivity index is 1.87. The quantitative estimate of drug-likeness (QED) is 0.365. The van der Waals surface area contributed by atoms with E-state index in [4.69, 9.17) is 0 Å². The third-order valence-corrected chi connectivity index (χ3v) is 7.61. The van der Waals surface area contributed by atoms with Gasteiger partial charge in [-0.3, -0.25) is 4.57 Å². The summed E-state index contributed by atoms with van der Waals surface area (Å²) in [5.74, 6) is -1.48. The second-order valence-corrected chi connectivity index (χ2v) is 11.2. The maximum Gasteiger partial charge on any atom is 0.178 e. The lowest BCUT2D eigenvalue weighted by Gasteiger charge is -2.14. The van der Waals surface area contributed by atoms with Crippen molar-refractivity contribution in [3.05, 3.63) is 89.8 Å². The number of hydrogen-bond donors (Lipinski definition) is 1. The van der Waals surface area contributed by atoms with E-state index >= 15 is 0 Å². The average molecular weight is 497 g/mol. The number of aliphatic hydroxyl groups is 1. The molecule has 1 heterocycles. The molecule has 0 aliphatic heterocycles. The number of aryl methyl sites for hydroxylation is 1. The van der Waals surface area contributed by atoms with E-state index in [2.05, 4.69) is 4.98 Å². The molecule has 182 valence electrons. The Labute approximate surface area is 203 Å². The molecule has 0 aliphatic rings. The highest BCUT2D eigenvalue weighted by molar-refractivity contribution is 7.91. The van der Waals surface area contributed by atoms with E-state index < -0.39 is 27.1 Å². The Morgan fingerprint density at radius 1 is 0.971 bits per heavy atom. The number of halogens is 2. The average Bonchev–Trinajstić information content (AvgIpc) is 3.24. The predicted molar refractivity (Wildman–Crippen MR) is 132 cm³/mol. The fourth-order valence-corrected chi connectivity index (χ4v) is 4.81. The van der Waals surface area contributed by atoms with Crippen LogP contribution >= 0.6 is 0 Å². The van der Waals surface area contributed by atoms with Crippen LogP contribution in [0, 0.1) is 18.6 Å². The summed E-state index contributed by atoms with van der Waals surface area (Å²) in [7, 11) is -3.35. The minimum absolute atomic E-state index is 0.00791. The van der Waals surface area contributed by atoms with Crippen molar-refractivity contribution in [2.75, 3.05) is 5.75 Å². The molecule has 0 saturated heterocycles. The summed E-state index contributed by atoms with van der Waals surface area (Å²) in [5, 5.41) is 10.5. The molecule has 4 aromatic rings. The first kappa shape index (κ1) is 24.8. The predicted octanol–water partition coefficient (Wildman–Crippen LogP) is 5.81. The second-order valence-electron chi connectivity index (χ2n) is 8.91. The van der Waals surface area contributed by atoms with Gasteiger partial charge in [0, 0.05) is 6.20 Å². The summed E-state index contributed by atoms with van der Waals surface area (Å²) in [6, 6.07) is 15.8. The summed E-state index contributed by atoms with van der Waals surface area (Å²) in [5.41, 5.74) is 1.55. The van der Waals surface area contributed by atoms with E-state index in [0.29, 0.717) is 5.69 Å². The molecule has 0 bridgehead atoms. The van der Waals surface area contributed by atoms with Gasteiger partial charge in [0.05, 0.1) is 27.6 Å². The van der Waals surface area contributed by atoms with Gasteiger partial charge in [-0.2, -0.15) is 0 Å². The van der Waals surface area contributed by atoms with Crippen molar-refractivity contribution in [2.24, 2.45) is 0 Å². The molecule has 3 aromatic carbocycles. The number of nitrogens with zero attached hydrogens (tertiary/aromatic N) is 2. The maximum atomic E-state index is 14.7. The van der Waals surface area contributed by atoms with Crippen LogP contribution in [-0.4, -0.2) is 28.8 Å². The highest BCUT2D eigenvalue weighted by Gasteiger charge is 2.26. The van der Waals surface area contributed by atoms with E-state index in [-0.39, 0.29) is 27.7 Å². The lowest BCUT2D eigenvalue weighted by Crippen LogP contribution is -2.15. The Kier molecular flexibility index (Phi) is 6.38. The monoisotopic (exact) mass is 496 g/mol. The third kappa shape index (κ3) is 4.76. The number of imidazole rings is 1. The van der Waals surface area contributed by atoms with Crippen molar-refractivity contribution in [1.29, 1.82) is 0 Å². The fourth-order valence-electron chi connectivity index (χ4n) is 3.89. The molecule has 0 spiro atoms. The normalized spacial score (nSPS) is 12.2. The van der Waals surface area contributed by atoms with E-state index in [0.717, 1.165) is 28.8 Å². The van der Waals surface area contributed by atoms with Crippen LogP contribution in [0.25, 0.3) is 28.2 Å². The van der Waals surface area contributed by atoms with Gasteiger partial charge in [0.2, 0.25) is 0 Å². The van der Waals surface area contributed by atoms with E-state index in [9.17, 15) is 22.3 Å². The smallest absolute Gasteiger partial charge is 0.178 e. The molecule has 0 saturated carbocycles. The van der Waals surface area contributed by atoms with Gasteiger partial charge in [0.1, 0.15) is 17.2 Å². The lowest BCUT2D eigenvalue weighted by atomic mass is 10.0. The summed E-state index contributed by atoms with van der Waals surface area (Å²) in [6.45, 7) is 6.55. The standard InChI is InChI=1S/C27H26F2N2O3S/c1-5-35(33,34)20-9-6-8-18(15-20)19-12-13-23(17(2)14-19)31-16-24(27(3,4)32)30-26(31)25-21(28)10-7-11-22(25)29/h6-16,32H,5H2,1-4H3. The third-order valence-electron chi connectivity index (χ3n) is 5.88. The van der Waals surface area contributed by atoms with Crippen molar-refractivity contribution in [3.8, 4) is 28.2 Å². The van der Waals surface area contributed by atoms with Crippen LogP contribution in [0.5, 0.6) is 0 Å². The minimum Gasteiger partial charge on any atom is -0.384 e. The zero-order chi connectivity index (χ0) is 25.5. The first-order valence-corrected chi connectivity index (χ1v) is 12.8. The topological polar surface area (TPSA) is 72.2 Å². The van der Waals surface area contributed by atoms with Crippen LogP contribution in [0.1, 0.15) is 32.0 Å². The fraction of sp³-hybridized carbons (Fsp3) is 0.222. The number of hydrogen-bond acceptors (Lipinski definition) is 4. The minimum atomic E-state index is -3.35. The zero-order valence-corrected chi connectivity index (χ0v) is 20.7. The molecule has 0 aliphatic carbocycles. The molecule has 1 N–H and O–H groups in total. The molecule has 8 heteroatoms. The highest BCUT2D eigenvalue weighted by Crippen LogP contribution is 2.33. The molecule has 0 unspecified atom stereocenters. The summed E-state index contributed by atoms with van der Waals surface area (Å²) >= 11 is 0.